The summed E-state index contributed by atoms with van der Waals surface area (Å²) in [5, 5.41) is 0. The van der Waals surface area contributed by atoms with Crippen molar-refractivity contribution in [2.45, 2.75) is 0 Å². The Kier molecular flexibility index (Phi) is 3.05. The Bertz CT molecular complexity index is 447. The summed E-state index contributed by atoms with van der Waals surface area (Å²) in [7, 11) is 1.64. The van der Waals surface area contributed by atoms with Crippen LogP contribution in [0.15, 0.2) is 23.1 Å². The number of hydrogen-bond donors (Lipinski definition) is 0. The number of hydrogen-bond acceptors (Lipinski definition) is 3. The molecule has 0 aromatic carbocycles. The highest BCUT2D eigenvalue weighted by atomic mass is 16.5. The second-order valence-corrected chi connectivity index (χ2v) is 3.77. The minimum absolute atomic E-state index is 0.0427. The normalized spacial score (nSPS) is 16.2. The van der Waals surface area contributed by atoms with E-state index < -0.39 is 0 Å². The molecule has 0 saturated carbocycles. The maximum atomic E-state index is 12.0. The molecule has 0 spiro atoms. The van der Waals surface area contributed by atoms with Crippen LogP contribution < -0.4 is 5.56 Å². The largest absolute Gasteiger partial charge is 0.378 e. The number of amides is 1. The van der Waals surface area contributed by atoms with E-state index in [0.29, 0.717) is 31.9 Å². The lowest BCUT2D eigenvalue weighted by Gasteiger charge is -2.26. The number of aryl methyl sites for hydroxylation is 1. The number of rotatable bonds is 1. The zero-order valence-corrected chi connectivity index (χ0v) is 9.18. The molecule has 0 aliphatic carbocycles. The first-order valence-electron chi connectivity index (χ1n) is 5.22. The number of ether oxygens (including phenoxy) is 1. The van der Waals surface area contributed by atoms with Gasteiger partial charge in [-0.25, -0.2) is 0 Å². The first kappa shape index (κ1) is 10.9. The number of carbonyl (C=O) groups excluding carboxylic acids is 1. The third kappa shape index (κ3) is 2.14. The standard InChI is InChI=1S/C11H14N2O3/c1-12-8-9(2-3-10(12)14)11(15)13-4-6-16-7-5-13/h2-3,8H,4-7H2,1H3. The van der Waals surface area contributed by atoms with Crippen LogP contribution in [0.2, 0.25) is 0 Å². The molecule has 1 saturated heterocycles. The van der Waals surface area contributed by atoms with Crippen LogP contribution in [0.25, 0.3) is 0 Å². The monoisotopic (exact) mass is 222 g/mol. The summed E-state index contributed by atoms with van der Waals surface area (Å²) in [6.07, 6.45) is 1.57. The average Bonchev–Trinajstić information content (AvgIpc) is 2.33. The van der Waals surface area contributed by atoms with Crippen LogP contribution in [0.5, 0.6) is 0 Å². The van der Waals surface area contributed by atoms with Gasteiger partial charge in [-0.05, 0) is 6.07 Å². The van der Waals surface area contributed by atoms with E-state index in [1.165, 1.54) is 10.6 Å². The van der Waals surface area contributed by atoms with E-state index in [1.807, 2.05) is 0 Å². The van der Waals surface area contributed by atoms with Crippen molar-refractivity contribution >= 4 is 5.91 Å². The molecule has 1 aromatic heterocycles. The smallest absolute Gasteiger partial charge is 0.255 e. The molecule has 0 radical (unpaired) electrons. The van der Waals surface area contributed by atoms with Gasteiger partial charge in [0.15, 0.2) is 0 Å². The highest BCUT2D eigenvalue weighted by Crippen LogP contribution is 2.05. The average molecular weight is 222 g/mol. The zero-order chi connectivity index (χ0) is 11.5. The third-order valence-corrected chi connectivity index (χ3v) is 2.63. The minimum Gasteiger partial charge on any atom is -0.378 e. The van der Waals surface area contributed by atoms with Gasteiger partial charge in [-0.3, -0.25) is 9.59 Å². The number of pyridine rings is 1. The molecule has 2 rings (SSSR count). The molecule has 2 heterocycles. The topological polar surface area (TPSA) is 51.5 Å². The Morgan fingerprint density at radius 1 is 1.31 bits per heavy atom. The summed E-state index contributed by atoms with van der Waals surface area (Å²) < 4.78 is 6.59. The van der Waals surface area contributed by atoms with Gasteiger partial charge in [-0.2, -0.15) is 0 Å². The highest BCUT2D eigenvalue weighted by Gasteiger charge is 2.18. The van der Waals surface area contributed by atoms with Crippen molar-refractivity contribution in [1.82, 2.24) is 9.47 Å². The zero-order valence-electron chi connectivity index (χ0n) is 9.18. The fourth-order valence-corrected chi connectivity index (χ4v) is 1.67. The summed E-state index contributed by atoms with van der Waals surface area (Å²) in [6.45, 7) is 2.39. The van der Waals surface area contributed by atoms with E-state index in [-0.39, 0.29) is 11.5 Å². The molecule has 0 unspecified atom stereocenters. The van der Waals surface area contributed by atoms with Gasteiger partial charge in [-0.1, -0.05) is 0 Å². The van der Waals surface area contributed by atoms with Crippen LogP contribution in [0.4, 0.5) is 0 Å². The van der Waals surface area contributed by atoms with Crippen LogP contribution in [-0.2, 0) is 11.8 Å². The summed E-state index contributed by atoms with van der Waals surface area (Å²) >= 11 is 0. The first-order chi connectivity index (χ1) is 7.68. The van der Waals surface area contributed by atoms with Gasteiger partial charge in [0.05, 0.1) is 18.8 Å². The Balaban J connectivity index is 2.19. The van der Waals surface area contributed by atoms with Crippen LogP contribution in [0.1, 0.15) is 10.4 Å². The van der Waals surface area contributed by atoms with Crippen LogP contribution in [0, 0.1) is 0 Å². The fraction of sp³-hybridized carbons (Fsp3) is 0.455. The van der Waals surface area contributed by atoms with Crippen LogP contribution in [-0.4, -0.2) is 41.7 Å². The van der Waals surface area contributed by atoms with Gasteiger partial charge in [0.25, 0.3) is 5.91 Å². The van der Waals surface area contributed by atoms with Gasteiger partial charge in [0, 0.05) is 32.4 Å². The maximum Gasteiger partial charge on any atom is 0.255 e. The number of carbonyl (C=O) groups is 1. The molecule has 1 aromatic rings. The summed E-state index contributed by atoms with van der Waals surface area (Å²) in [5.74, 6) is -0.0427. The Hall–Kier alpha value is -1.62. The molecule has 1 amide bonds. The highest BCUT2D eigenvalue weighted by molar-refractivity contribution is 5.93. The van der Waals surface area contributed by atoms with E-state index in [2.05, 4.69) is 0 Å². The van der Waals surface area contributed by atoms with Gasteiger partial charge in [0.1, 0.15) is 0 Å². The summed E-state index contributed by atoms with van der Waals surface area (Å²) in [4.78, 5) is 24.9. The summed E-state index contributed by atoms with van der Waals surface area (Å²) in [5.41, 5.74) is 0.433. The lowest BCUT2D eigenvalue weighted by atomic mass is 10.2. The molecule has 1 aliphatic heterocycles. The predicted molar refractivity (Wildman–Crippen MR) is 58.4 cm³/mol. The van der Waals surface area contributed by atoms with Crippen molar-refractivity contribution in [3.8, 4) is 0 Å². The Labute approximate surface area is 93.2 Å². The number of morpholine rings is 1. The third-order valence-electron chi connectivity index (χ3n) is 2.63. The Morgan fingerprint density at radius 3 is 2.62 bits per heavy atom. The molecule has 0 atom stereocenters. The maximum absolute atomic E-state index is 12.0. The van der Waals surface area contributed by atoms with Crippen molar-refractivity contribution in [2.24, 2.45) is 7.05 Å². The molecule has 5 nitrogen and oxygen atoms in total. The van der Waals surface area contributed by atoms with Crippen molar-refractivity contribution in [2.75, 3.05) is 26.3 Å². The molecule has 0 N–H and O–H groups in total. The quantitative estimate of drug-likeness (QED) is 0.664. The molecule has 1 fully saturated rings. The molecular weight excluding hydrogens is 208 g/mol. The van der Waals surface area contributed by atoms with Gasteiger partial charge in [-0.15, -0.1) is 0 Å². The second-order valence-electron chi connectivity index (χ2n) is 3.77. The van der Waals surface area contributed by atoms with E-state index in [4.69, 9.17) is 4.74 Å². The molecule has 86 valence electrons. The van der Waals surface area contributed by atoms with E-state index in [1.54, 1.807) is 24.2 Å². The van der Waals surface area contributed by atoms with Gasteiger partial charge in [0.2, 0.25) is 5.56 Å². The van der Waals surface area contributed by atoms with Crippen molar-refractivity contribution in [3.63, 3.8) is 0 Å². The van der Waals surface area contributed by atoms with E-state index in [9.17, 15) is 9.59 Å². The fourth-order valence-electron chi connectivity index (χ4n) is 1.67. The lowest BCUT2D eigenvalue weighted by Crippen LogP contribution is -2.41. The predicted octanol–water partition coefficient (Wildman–Crippen LogP) is -0.142. The first-order valence-corrected chi connectivity index (χ1v) is 5.22. The second kappa shape index (κ2) is 4.49. The van der Waals surface area contributed by atoms with Crippen LogP contribution in [0.3, 0.4) is 0 Å². The lowest BCUT2D eigenvalue weighted by molar-refractivity contribution is 0.0302. The SMILES string of the molecule is Cn1cc(C(=O)N2CCOCC2)ccc1=O. The van der Waals surface area contributed by atoms with Gasteiger partial charge < -0.3 is 14.2 Å². The Morgan fingerprint density at radius 2 is 2.00 bits per heavy atom. The van der Waals surface area contributed by atoms with E-state index in [0.717, 1.165) is 0 Å². The van der Waals surface area contributed by atoms with E-state index >= 15 is 0 Å². The molecule has 16 heavy (non-hydrogen) atoms. The molecular formula is C11H14N2O3. The summed E-state index contributed by atoms with van der Waals surface area (Å²) in [6, 6.07) is 2.98. The van der Waals surface area contributed by atoms with Crippen molar-refractivity contribution < 1.29 is 9.53 Å². The molecule has 5 heteroatoms. The number of nitrogens with zero attached hydrogens (tertiary/aromatic N) is 2. The van der Waals surface area contributed by atoms with Gasteiger partial charge >= 0.3 is 0 Å². The van der Waals surface area contributed by atoms with Crippen molar-refractivity contribution in [3.05, 3.63) is 34.2 Å². The van der Waals surface area contributed by atoms with Crippen molar-refractivity contribution in [1.29, 1.82) is 0 Å². The van der Waals surface area contributed by atoms with Crippen LogP contribution >= 0.6 is 0 Å². The number of aromatic nitrogens is 1. The minimum atomic E-state index is -0.112. The molecule has 1 aliphatic rings. The molecule has 0 bridgehead atoms.